The van der Waals surface area contributed by atoms with Crippen molar-refractivity contribution in [2.45, 2.75) is 18.3 Å². The van der Waals surface area contributed by atoms with E-state index in [4.69, 9.17) is 4.42 Å². The molecule has 0 aliphatic rings. The fourth-order valence-electron chi connectivity index (χ4n) is 3.06. The molecule has 3 aromatic carbocycles. The highest BCUT2D eigenvalue weighted by Crippen LogP contribution is 2.25. The van der Waals surface area contributed by atoms with Gasteiger partial charge < -0.3 is 9.32 Å². The van der Waals surface area contributed by atoms with E-state index in [-0.39, 0.29) is 11.7 Å². The molecule has 156 valence electrons. The molecule has 0 fully saturated rings. The third-order valence-electron chi connectivity index (χ3n) is 4.58. The lowest BCUT2D eigenvalue weighted by atomic mass is 10.1. The SMILES string of the molecule is O=C(CSc1nnc(-c2cccc(Br)c2)o1)N(Cc1ccccc1)Cc1ccccc1. The number of hydrogen-bond acceptors (Lipinski definition) is 5. The molecule has 0 bridgehead atoms. The molecule has 4 aromatic rings. The average molecular weight is 494 g/mol. The second kappa shape index (κ2) is 10.4. The van der Waals surface area contributed by atoms with Gasteiger partial charge >= 0.3 is 0 Å². The van der Waals surface area contributed by atoms with Crippen LogP contribution < -0.4 is 0 Å². The lowest BCUT2D eigenvalue weighted by Gasteiger charge is -2.23. The van der Waals surface area contributed by atoms with Crippen LogP contribution in [0.25, 0.3) is 11.5 Å². The van der Waals surface area contributed by atoms with Gasteiger partial charge in [0.1, 0.15) is 0 Å². The van der Waals surface area contributed by atoms with Crippen molar-refractivity contribution in [1.29, 1.82) is 0 Å². The van der Waals surface area contributed by atoms with E-state index in [1.807, 2.05) is 89.8 Å². The molecule has 0 saturated carbocycles. The number of amides is 1. The highest BCUT2D eigenvalue weighted by Gasteiger charge is 2.17. The lowest BCUT2D eigenvalue weighted by molar-refractivity contribution is -0.129. The fourth-order valence-corrected chi connectivity index (χ4v) is 4.13. The summed E-state index contributed by atoms with van der Waals surface area (Å²) in [6.45, 7) is 1.09. The molecule has 0 N–H and O–H groups in total. The number of hydrogen-bond donors (Lipinski definition) is 0. The Morgan fingerprint density at radius 2 is 1.52 bits per heavy atom. The van der Waals surface area contributed by atoms with E-state index in [1.165, 1.54) is 11.8 Å². The molecule has 5 nitrogen and oxygen atoms in total. The van der Waals surface area contributed by atoms with E-state index in [1.54, 1.807) is 0 Å². The maximum Gasteiger partial charge on any atom is 0.277 e. The van der Waals surface area contributed by atoms with Crippen molar-refractivity contribution >= 4 is 33.6 Å². The van der Waals surface area contributed by atoms with Crippen LogP contribution in [0.5, 0.6) is 0 Å². The monoisotopic (exact) mass is 493 g/mol. The predicted octanol–water partition coefficient (Wildman–Crippen LogP) is 5.82. The van der Waals surface area contributed by atoms with E-state index in [0.29, 0.717) is 24.2 Å². The molecule has 7 heteroatoms. The number of benzene rings is 3. The summed E-state index contributed by atoms with van der Waals surface area (Å²) < 4.78 is 6.68. The molecular formula is C24H20BrN3O2S. The first-order chi connectivity index (χ1) is 15.2. The Balaban J connectivity index is 1.43. The molecule has 0 aliphatic carbocycles. The Labute approximate surface area is 193 Å². The normalized spacial score (nSPS) is 10.7. The predicted molar refractivity (Wildman–Crippen MR) is 125 cm³/mol. The number of nitrogens with zero attached hydrogens (tertiary/aromatic N) is 3. The van der Waals surface area contributed by atoms with Crippen molar-refractivity contribution in [3.05, 3.63) is 101 Å². The van der Waals surface area contributed by atoms with Crippen molar-refractivity contribution in [2.75, 3.05) is 5.75 Å². The molecule has 0 atom stereocenters. The van der Waals surface area contributed by atoms with Crippen LogP contribution in [-0.4, -0.2) is 26.8 Å². The van der Waals surface area contributed by atoms with Gasteiger partial charge in [-0.3, -0.25) is 4.79 Å². The van der Waals surface area contributed by atoms with Crippen LogP contribution in [-0.2, 0) is 17.9 Å². The zero-order valence-corrected chi connectivity index (χ0v) is 19.1. The van der Waals surface area contributed by atoms with Crippen LogP contribution >= 0.6 is 27.7 Å². The molecular weight excluding hydrogens is 474 g/mol. The molecule has 4 rings (SSSR count). The van der Waals surface area contributed by atoms with E-state index < -0.39 is 0 Å². The van der Waals surface area contributed by atoms with E-state index in [2.05, 4.69) is 26.1 Å². The van der Waals surface area contributed by atoms with Gasteiger partial charge in [0, 0.05) is 23.1 Å². The summed E-state index contributed by atoms with van der Waals surface area (Å²) in [5.74, 6) is 0.668. The summed E-state index contributed by atoms with van der Waals surface area (Å²) in [5.41, 5.74) is 3.01. The van der Waals surface area contributed by atoms with Crippen LogP contribution in [0.15, 0.2) is 99.0 Å². The number of aromatic nitrogens is 2. The van der Waals surface area contributed by atoms with Crippen LogP contribution in [0.3, 0.4) is 0 Å². The summed E-state index contributed by atoms with van der Waals surface area (Å²) >= 11 is 4.70. The Hall–Kier alpha value is -2.90. The third-order valence-corrected chi connectivity index (χ3v) is 5.88. The van der Waals surface area contributed by atoms with Crippen molar-refractivity contribution in [3.8, 4) is 11.5 Å². The van der Waals surface area contributed by atoms with Gasteiger partial charge in [0.2, 0.25) is 11.8 Å². The number of carbonyl (C=O) groups is 1. The van der Waals surface area contributed by atoms with E-state index >= 15 is 0 Å². The molecule has 0 aliphatic heterocycles. The summed E-state index contributed by atoms with van der Waals surface area (Å²) in [5, 5.41) is 8.56. The first-order valence-electron chi connectivity index (χ1n) is 9.75. The van der Waals surface area contributed by atoms with Crippen LogP contribution in [0.1, 0.15) is 11.1 Å². The van der Waals surface area contributed by atoms with Crippen LogP contribution in [0.2, 0.25) is 0 Å². The number of carbonyl (C=O) groups excluding carboxylic acids is 1. The Morgan fingerprint density at radius 3 is 2.13 bits per heavy atom. The van der Waals surface area contributed by atoms with Gasteiger partial charge in [0.05, 0.1) is 5.75 Å². The Kier molecular flexibility index (Phi) is 7.17. The minimum atomic E-state index is 0.0138. The highest BCUT2D eigenvalue weighted by molar-refractivity contribution is 9.10. The fraction of sp³-hybridized carbons (Fsp3) is 0.125. The summed E-state index contributed by atoms with van der Waals surface area (Å²) in [4.78, 5) is 14.9. The summed E-state index contributed by atoms with van der Waals surface area (Å²) in [6, 6.07) is 27.6. The largest absolute Gasteiger partial charge is 0.411 e. The molecule has 0 saturated heterocycles. The molecule has 1 aromatic heterocycles. The van der Waals surface area contributed by atoms with Crippen molar-refractivity contribution in [3.63, 3.8) is 0 Å². The highest BCUT2D eigenvalue weighted by atomic mass is 79.9. The van der Waals surface area contributed by atoms with Gasteiger partial charge in [-0.2, -0.15) is 0 Å². The first-order valence-corrected chi connectivity index (χ1v) is 11.5. The maximum atomic E-state index is 13.1. The van der Waals surface area contributed by atoms with Crippen molar-refractivity contribution in [2.24, 2.45) is 0 Å². The van der Waals surface area contributed by atoms with E-state index in [0.717, 1.165) is 21.2 Å². The second-order valence-electron chi connectivity index (χ2n) is 6.89. The van der Waals surface area contributed by atoms with Gasteiger partial charge in [-0.05, 0) is 29.3 Å². The third kappa shape index (κ3) is 6.06. The van der Waals surface area contributed by atoms with Crippen molar-refractivity contribution in [1.82, 2.24) is 15.1 Å². The molecule has 0 radical (unpaired) electrons. The zero-order valence-electron chi connectivity index (χ0n) is 16.6. The van der Waals surface area contributed by atoms with Gasteiger partial charge in [-0.25, -0.2) is 0 Å². The number of rotatable bonds is 8. The molecule has 0 unspecified atom stereocenters. The zero-order chi connectivity index (χ0) is 21.5. The quantitative estimate of drug-likeness (QED) is 0.289. The van der Waals surface area contributed by atoms with Gasteiger partial charge in [0.25, 0.3) is 5.22 Å². The smallest absolute Gasteiger partial charge is 0.277 e. The maximum absolute atomic E-state index is 13.1. The van der Waals surface area contributed by atoms with Gasteiger partial charge in [0.15, 0.2) is 0 Å². The molecule has 1 heterocycles. The number of halogens is 1. The topological polar surface area (TPSA) is 59.2 Å². The van der Waals surface area contributed by atoms with Crippen LogP contribution in [0.4, 0.5) is 0 Å². The lowest BCUT2D eigenvalue weighted by Crippen LogP contribution is -2.31. The Bertz CT molecular complexity index is 1090. The standard InChI is InChI=1S/C24H20BrN3O2S/c25-21-13-7-12-20(14-21)23-26-27-24(30-23)31-17-22(29)28(15-18-8-3-1-4-9-18)16-19-10-5-2-6-11-19/h1-14H,15-17H2. The first kappa shape index (κ1) is 21.3. The summed E-state index contributed by atoms with van der Waals surface area (Å²) in [6.07, 6.45) is 0. The Morgan fingerprint density at radius 1 is 0.871 bits per heavy atom. The van der Waals surface area contributed by atoms with E-state index in [9.17, 15) is 4.79 Å². The summed E-state index contributed by atoms with van der Waals surface area (Å²) in [7, 11) is 0. The van der Waals surface area contributed by atoms with Gasteiger partial charge in [-0.1, -0.05) is 94.4 Å². The average Bonchev–Trinajstić information content (AvgIpc) is 3.28. The minimum absolute atomic E-state index is 0.0138. The molecule has 31 heavy (non-hydrogen) atoms. The number of thioether (sulfide) groups is 1. The van der Waals surface area contributed by atoms with Crippen LogP contribution in [0, 0.1) is 0 Å². The minimum Gasteiger partial charge on any atom is -0.411 e. The molecule has 1 amide bonds. The van der Waals surface area contributed by atoms with Crippen molar-refractivity contribution < 1.29 is 9.21 Å². The second-order valence-corrected chi connectivity index (χ2v) is 8.74. The molecule has 0 spiro atoms. The van der Waals surface area contributed by atoms with Gasteiger partial charge in [-0.15, -0.1) is 10.2 Å².